The summed E-state index contributed by atoms with van der Waals surface area (Å²) in [5.74, 6) is -0.161. The van der Waals surface area contributed by atoms with Crippen molar-refractivity contribution in [3.8, 4) is 5.69 Å². The average molecular weight is 391 g/mol. The summed E-state index contributed by atoms with van der Waals surface area (Å²) in [6.45, 7) is 3.79. The van der Waals surface area contributed by atoms with Gasteiger partial charge in [0.05, 0.1) is 27.0 Å². The van der Waals surface area contributed by atoms with Crippen molar-refractivity contribution in [3.63, 3.8) is 0 Å². The Labute approximate surface area is 162 Å². The van der Waals surface area contributed by atoms with E-state index in [0.717, 1.165) is 41.0 Å². The number of carboxylic acids is 1. The van der Waals surface area contributed by atoms with Gasteiger partial charge < -0.3 is 5.11 Å². The number of halogens is 2. The van der Waals surface area contributed by atoms with Gasteiger partial charge in [0.2, 0.25) is 0 Å². The van der Waals surface area contributed by atoms with Crippen LogP contribution < -0.4 is 0 Å². The quantitative estimate of drug-likeness (QED) is 0.600. The Morgan fingerprint density at radius 2 is 1.85 bits per heavy atom. The molecule has 136 valence electrons. The number of hydrogen-bond donors (Lipinski definition) is 1. The van der Waals surface area contributed by atoms with E-state index in [0.29, 0.717) is 16.5 Å². The monoisotopic (exact) mass is 390 g/mol. The molecule has 0 aliphatic heterocycles. The summed E-state index contributed by atoms with van der Waals surface area (Å²) in [5, 5.41) is 10.00. The highest BCUT2D eigenvalue weighted by Crippen LogP contribution is 2.30. The van der Waals surface area contributed by atoms with Crippen molar-refractivity contribution in [2.24, 2.45) is 5.92 Å². The van der Waals surface area contributed by atoms with Crippen LogP contribution in [0.5, 0.6) is 0 Å². The molecule has 0 amide bonds. The Kier molecular flexibility index (Phi) is 5.54. The minimum Gasteiger partial charge on any atom is -0.481 e. The number of aliphatic carboxylic acids is 1. The molecule has 3 aromatic rings. The number of imidazole rings is 1. The normalized spacial score (nSPS) is 12.5. The highest BCUT2D eigenvalue weighted by Gasteiger charge is 2.14. The number of carboxylic acid groups (broad SMARTS) is 1. The van der Waals surface area contributed by atoms with Crippen molar-refractivity contribution in [1.82, 2.24) is 9.55 Å². The number of nitrogens with zero attached hydrogens (tertiary/aromatic N) is 2. The average Bonchev–Trinajstić information content (AvgIpc) is 2.97. The summed E-state index contributed by atoms with van der Waals surface area (Å²) >= 11 is 12.3. The number of carbonyl (C=O) groups is 1. The largest absolute Gasteiger partial charge is 0.481 e. The smallest absolute Gasteiger partial charge is 0.306 e. The van der Waals surface area contributed by atoms with Gasteiger partial charge in [0, 0.05) is 12.1 Å². The first-order valence-corrected chi connectivity index (χ1v) is 9.34. The van der Waals surface area contributed by atoms with E-state index in [1.165, 1.54) is 0 Å². The molecule has 1 N–H and O–H groups in total. The van der Waals surface area contributed by atoms with Gasteiger partial charge in [-0.2, -0.15) is 0 Å². The van der Waals surface area contributed by atoms with E-state index in [1.54, 1.807) is 13.0 Å². The lowest BCUT2D eigenvalue weighted by Gasteiger charge is -2.11. The molecule has 0 radical (unpaired) electrons. The van der Waals surface area contributed by atoms with Crippen LogP contribution in [0.2, 0.25) is 10.0 Å². The maximum atomic E-state index is 10.9. The number of rotatable bonds is 6. The molecular formula is C20H20Cl2N2O2. The first kappa shape index (κ1) is 18.7. The zero-order chi connectivity index (χ0) is 18.8. The van der Waals surface area contributed by atoms with Crippen LogP contribution in [0.25, 0.3) is 16.7 Å². The highest BCUT2D eigenvalue weighted by atomic mass is 35.5. The molecule has 0 fully saturated rings. The number of benzene rings is 2. The first-order chi connectivity index (χ1) is 12.4. The minimum atomic E-state index is -0.755. The van der Waals surface area contributed by atoms with E-state index in [2.05, 4.69) is 16.5 Å². The van der Waals surface area contributed by atoms with Gasteiger partial charge >= 0.3 is 5.97 Å². The minimum absolute atomic E-state index is 0.342. The van der Waals surface area contributed by atoms with Crippen LogP contribution in [0, 0.1) is 5.92 Å². The van der Waals surface area contributed by atoms with Crippen LogP contribution in [0.3, 0.4) is 0 Å². The second-order valence-electron chi connectivity index (χ2n) is 6.42. The number of fused-ring (bicyclic) bond motifs is 1. The third kappa shape index (κ3) is 3.71. The third-order valence-electron chi connectivity index (χ3n) is 4.56. The number of hydrogen-bond acceptors (Lipinski definition) is 2. The Balaban J connectivity index is 1.94. The zero-order valence-corrected chi connectivity index (χ0v) is 16.2. The molecule has 0 aliphatic carbocycles. The maximum Gasteiger partial charge on any atom is 0.306 e. The Morgan fingerprint density at radius 3 is 2.46 bits per heavy atom. The van der Waals surface area contributed by atoms with Gasteiger partial charge in [-0.15, -0.1) is 0 Å². The summed E-state index contributed by atoms with van der Waals surface area (Å²) in [7, 11) is 0. The lowest BCUT2D eigenvalue weighted by molar-refractivity contribution is -0.141. The summed E-state index contributed by atoms with van der Waals surface area (Å²) in [6, 6.07) is 11.8. The van der Waals surface area contributed by atoms with Crippen LogP contribution in [0.15, 0.2) is 36.4 Å². The van der Waals surface area contributed by atoms with E-state index in [9.17, 15) is 4.79 Å². The van der Waals surface area contributed by atoms with Gasteiger partial charge in [-0.05, 0) is 42.7 Å². The van der Waals surface area contributed by atoms with Crippen LogP contribution >= 0.6 is 23.2 Å². The lowest BCUT2D eigenvalue weighted by atomic mass is 10.0. The number of aryl methyl sites for hydroxylation is 2. The van der Waals surface area contributed by atoms with E-state index in [1.807, 2.05) is 30.3 Å². The topological polar surface area (TPSA) is 55.1 Å². The fourth-order valence-corrected chi connectivity index (χ4v) is 3.28. The van der Waals surface area contributed by atoms with Gasteiger partial charge in [-0.1, -0.05) is 49.2 Å². The van der Waals surface area contributed by atoms with Gasteiger partial charge in [0.1, 0.15) is 5.82 Å². The van der Waals surface area contributed by atoms with Crippen LogP contribution in [-0.4, -0.2) is 20.6 Å². The highest BCUT2D eigenvalue weighted by molar-refractivity contribution is 6.42. The molecule has 0 aliphatic rings. The molecule has 1 unspecified atom stereocenters. The van der Waals surface area contributed by atoms with E-state index in [4.69, 9.17) is 28.3 Å². The van der Waals surface area contributed by atoms with Crippen molar-refractivity contribution < 1.29 is 9.90 Å². The Morgan fingerprint density at radius 1 is 1.19 bits per heavy atom. The molecule has 1 atom stereocenters. The second kappa shape index (κ2) is 7.68. The Hall–Kier alpha value is -2.04. The van der Waals surface area contributed by atoms with Crippen LogP contribution in [0.4, 0.5) is 0 Å². The predicted octanol–water partition coefficient (Wildman–Crippen LogP) is 5.55. The maximum absolute atomic E-state index is 10.9. The standard InChI is InChI=1S/C20H20Cl2N2O2/c1-3-19-23-17-10-15(21)16(22)11-18(17)24(19)14-8-6-13(7-9-14)5-4-12(2)20(25)26/h6-12H,3-5H2,1-2H3,(H,25,26). The molecule has 0 bridgehead atoms. The molecule has 2 aromatic carbocycles. The van der Waals surface area contributed by atoms with Crippen LogP contribution in [-0.2, 0) is 17.6 Å². The van der Waals surface area contributed by atoms with E-state index in [-0.39, 0.29) is 5.92 Å². The van der Waals surface area contributed by atoms with E-state index < -0.39 is 5.97 Å². The molecular weight excluding hydrogens is 371 g/mol. The molecule has 0 saturated carbocycles. The van der Waals surface area contributed by atoms with Gasteiger partial charge in [-0.25, -0.2) is 4.98 Å². The fraction of sp³-hybridized carbons (Fsp3) is 0.300. The molecule has 4 nitrogen and oxygen atoms in total. The van der Waals surface area contributed by atoms with Crippen LogP contribution in [0.1, 0.15) is 31.7 Å². The molecule has 6 heteroatoms. The zero-order valence-electron chi connectivity index (χ0n) is 14.7. The Bertz CT molecular complexity index is 949. The molecule has 3 rings (SSSR count). The van der Waals surface area contributed by atoms with E-state index >= 15 is 0 Å². The lowest BCUT2D eigenvalue weighted by Crippen LogP contribution is -2.10. The summed E-state index contributed by atoms with van der Waals surface area (Å²) in [6.07, 6.45) is 2.14. The molecule has 1 aromatic heterocycles. The molecule has 26 heavy (non-hydrogen) atoms. The molecule has 0 spiro atoms. The second-order valence-corrected chi connectivity index (χ2v) is 7.23. The van der Waals surface area contributed by atoms with Crippen molar-refractivity contribution >= 4 is 40.2 Å². The molecule has 0 saturated heterocycles. The predicted molar refractivity (Wildman–Crippen MR) is 106 cm³/mol. The van der Waals surface area contributed by atoms with Crippen molar-refractivity contribution in [3.05, 3.63) is 57.8 Å². The van der Waals surface area contributed by atoms with Crippen molar-refractivity contribution in [2.45, 2.75) is 33.1 Å². The van der Waals surface area contributed by atoms with Crippen molar-refractivity contribution in [2.75, 3.05) is 0 Å². The summed E-state index contributed by atoms with van der Waals surface area (Å²) in [5.41, 5.74) is 3.85. The SMILES string of the molecule is CCc1nc2cc(Cl)c(Cl)cc2n1-c1ccc(CCC(C)C(=O)O)cc1. The van der Waals surface area contributed by atoms with Gasteiger partial charge in [-0.3, -0.25) is 9.36 Å². The van der Waals surface area contributed by atoms with Gasteiger partial charge in [0.25, 0.3) is 0 Å². The molecule has 1 heterocycles. The summed E-state index contributed by atoms with van der Waals surface area (Å²) < 4.78 is 2.08. The first-order valence-electron chi connectivity index (χ1n) is 8.59. The number of aromatic nitrogens is 2. The third-order valence-corrected chi connectivity index (χ3v) is 5.29. The summed E-state index contributed by atoms with van der Waals surface area (Å²) in [4.78, 5) is 15.6. The van der Waals surface area contributed by atoms with Crippen molar-refractivity contribution in [1.29, 1.82) is 0 Å². The van der Waals surface area contributed by atoms with Gasteiger partial charge in [0.15, 0.2) is 0 Å². The fourth-order valence-electron chi connectivity index (χ4n) is 2.97.